The maximum Gasteiger partial charge on any atom is 0.241 e. The first-order valence-corrected chi connectivity index (χ1v) is 11.0. The number of benzene rings is 1. The molecule has 2 aliphatic carbocycles. The van der Waals surface area contributed by atoms with Crippen molar-refractivity contribution < 1.29 is 13.2 Å². The molecule has 1 aromatic carbocycles. The third-order valence-corrected chi connectivity index (χ3v) is 7.18. The Morgan fingerprint density at radius 1 is 1.16 bits per heavy atom. The van der Waals surface area contributed by atoms with E-state index in [1.807, 2.05) is 0 Å². The van der Waals surface area contributed by atoms with E-state index in [0.29, 0.717) is 11.8 Å². The van der Waals surface area contributed by atoms with Crippen molar-refractivity contribution >= 4 is 56.4 Å². The molecule has 1 amide bonds. The van der Waals surface area contributed by atoms with E-state index in [0.717, 1.165) is 29.8 Å². The summed E-state index contributed by atoms with van der Waals surface area (Å²) in [4.78, 5) is 12.4. The smallest absolute Gasteiger partial charge is 0.241 e. The summed E-state index contributed by atoms with van der Waals surface area (Å²) in [5.74, 6) is 0.852. The number of rotatable bonds is 5. The molecule has 5 nitrogen and oxygen atoms in total. The predicted molar refractivity (Wildman–Crippen MR) is 101 cm³/mol. The van der Waals surface area contributed by atoms with E-state index in [1.165, 1.54) is 18.6 Å². The lowest BCUT2D eigenvalue weighted by Gasteiger charge is -2.27. The highest BCUT2D eigenvalue weighted by molar-refractivity contribution is 7.92. The van der Waals surface area contributed by atoms with Crippen LogP contribution >= 0.6 is 34.8 Å². The second-order valence-corrected chi connectivity index (χ2v) is 9.96. The van der Waals surface area contributed by atoms with E-state index in [9.17, 15) is 13.2 Å². The molecule has 138 valence electrons. The number of carbonyl (C=O) groups is 1. The minimum Gasteiger partial charge on any atom is -0.352 e. The zero-order valence-corrected chi connectivity index (χ0v) is 16.7. The number of carbonyl (C=O) groups excluding carboxylic acids is 1. The van der Waals surface area contributed by atoms with Crippen LogP contribution in [-0.4, -0.2) is 33.2 Å². The highest BCUT2D eigenvalue weighted by Crippen LogP contribution is 2.44. The van der Waals surface area contributed by atoms with Crippen LogP contribution in [-0.2, 0) is 14.8 Å². The first kappa shape index (κ1) is 19.1. The van der Waals surface area contributed by atoms with Gasteiger partial charge in [0.25, 0.3) is 0 Å². The van der Waals surface area contributed by atoms with Crippen molar-refractivity contribution in [3.63, 3.8) is 0 Å². The van der Waals surface area contributed by atoms with Gasteiger partial charge in [0, 0.05) is 6.04 Å². The van der Waals surface area contributed by atoms with Gasteiger partial charge in [-0.3, -0.25) is 9.10 Å². The number of halogens is 3. The summed E-state index contributed by atoms with van der Waals surface area (Å²) in [6.45, 7) is -0.343. The van der Waals surface area contributed by atoms with Crippen molar-refractivity contribution in [3.05, 3.63) is 27.2 Å². The quantitative estimate of drug-likeness (QED) is 0.731. The molecule has 0 radical (unpaired) electrons. The fraction of sp³-hybridized carbons (Fsp3) is 0.562. The Hall–Kier alpha value is -0.690. The molecule has 0 heterocycles. The van der Waals surface area contributed by atoms with Crippen molar-refractivity contribution in [2.45, 2.75) is 31.7 Å². The molecule has 3 atom stereocenters. The average molecular weight is 426 g/mol. The van der Waals surface area contributed by atoms with Crippen LogP contribution in [0.1, 0.15) is 25.7 Å². The topological polar surface area (TPSA) is 66.5 Å². The molecule has 1 aromatic rings. The van der Waals surface area contributed by atoms with Crippen LogP contribution in [0.5, 0.6) is 0 Å². The molecule has 2 aliphatic rings. The Labute approximate surface area is 162 Å². The van der Waals surface area contributed by atoms with E-state index in [-0.39, 0.29) is 39.2 Å². The first-order valence-electron chi connectivity index (χ1n) is 8.06. The molecule has 0 aromatic heterocycles. The van der Waals surface area contributed by atoms with Crippen LogP contribution in [0.4, 0.5) is 5.69 Å². The minimum absolute atomic E-state index is 0.118. The fourth-order valence-corrected chi connectivity index (χ4v) is 5.44. The Balaban J connectivity index is 1.78. The van der Waals surface area contributed by atoms with Gasteiger partial charge in [0.2, 0.25) is 15.9 Å². The summed E-state index contributed by atoms with van der Waals surface area (Å²) in [5.41, 5.74) is 0.140. The molecule has 2 saturated carbocycles. The van der Waals surface area contributed by atoms with Gasteiger partial charge >= 0.3 is 0 Å². The van der Waals surface area contributed by atoms with Gasteiger partial charge in [-0.25, -0.2) is 8.42 Å². The Morgan fingerprint density at radius 3 is 2.40 bits per heavy atom. The molecular weight excluding hydrogens is 407 g/mol. The van der Waals surface area contributed by atoms with E-state index in [4.69, 9.17) is 34.8 Å². The summed E-state index contributed by atoms with van der Waals surface area (Å²) in [5, 5.41) is 3.49. The Bertz CT molecular complexity index is 800. The third kappa shape index (κ3) is 4.18. The maximum absolute atomic E-state index is 12.4. The third-order valence-electron chi connectivity index (χ3n) is 5.03. The normalized spacial score (nSPS) is 25.2. The maximum atomic E-state index is 12.4. The van der Waals surface area contributed by atoms with Crippen LogP contribution in [0, 0.1) is 11.8 Å². The van der Waals surface area contributed by atoms with Gasteiger partial charge in [0.05, 0.1) is 27.0 Å². The van der Waals surface area contributed by atoms with Crippen molar-refractivity contribution in [2.75, 3.05) is 17.1 Å². The second kappa shape index (κ2) is 7.14. The van der Waals surface area contributed by atoms with Gasteiger partial charge < -0.3 is 5.32 Å². The van der Waals surface area contributed by atoms with Crippen molar-refractivity contribution in [1.29, 1.82) is 0 Å². The van der Waals surface area contributed by atoms with Crippen molar-refractivity contribution in [2.24, 2.45) is 11.8 Å². The zero-order valence-electron chi connectivity index (χ0n) is 13.6. The lowest BCUT2D eigenvalue weighted by atomic mass is 9.95. The Morgan fingerprint density at radius 2 is 1.84 bits per heavy atom. The number of hydrogen-bond donors (Lipinski definition) is 1. The highest BCUT2D eigenvalue weighted by atomic mass is 35.5. The number of hydrogen-bond acceptors (Lipinski definition) is 3. The monoisotopic (exact) mass is 424 g/mol. The summed E-state index contributed by atoms with van der Waals surface area (Å²) in [6.07, 6.45) is 5.51. The van der Waals surface area contributed by atoms with Gasteiger partial charge in [-0.2, -0.15) is 0 Å². The molecule has 0 unspecified atom stereocenters. The average Bonchev–Trinajstić information content (AvgIpc) is 3.10. The molecule has 0 spiro atoms. The summed E-state index contributed by atoms with van der Waals surface area (Å²) in [6, 6.07) is 2.86. The molecule has 2 bridgehead atoms. The van der Waals surface area contributed by atoms with E-state index in [1.54, 1.807) is 0 Å². The first-order chi connectivity index (χ1) is 11.6. The van der Waals surface area contributed by atoms with E-state index < -0.39 is 10.0 Å². The van der Waals surface area contributed by atoms with Gasteiger partial charge in [-0.1, -0.05) is 41.2 Å². The van der Waals surface area contributed by atoms with Crippen molar-refractivity contribution in [3.8, 4) is 0 Å². The van der Waals surface area contributed by atoms with Crippen LogP contribution in [0.15, 0.2) is 12.1 Å². The molecule has 9 heteroatoms. The number of sulfonamides is 1. The zero-order chi connectivity index (χ0) is 18.4. The Kier molecular flexibility index (Phi) is 5.45. The highest BCUT2D eigenvalue weighted by Gasteiger charge is 2.40. The standard InChI is InChI=1S/C16H19Cl3N2O3S/c1-25(23,24)21(15-7-12(18)11(17)6-13(15)19)8-16(22)20-14-5-9-2-3-10(14)4-9/h6-7,9-10,14H,2-5,8H2,1H3,(H,20,22)/t9-,10-,14+/m0/s1. The predicted octanol–water partition coefficient (Wildman–Crippen LogP) is 3.72. The summed E-state index contributed by atoms with van der Waals surface area (Å²) >= 11 is 18.0. The SMILES string of the molecule is CS(=O)(=O)N(CC(=O)N[C@@H]1C[C@H]2CC[C@H]1C2)c1cc(Cl)c(Cl)cc1Cl. The molecule has 3 rings (SSSR count). The molecule has 2 fully saturated rings. The number of nitrogens with zero attached hydrogens (tertiary/aromatic N) is 1. The van der Waals surface area contributed by atoms with Crippen LogP contribution in [0.25, 0.3) is 0 Å². The van der Waals surface area contributed by atoms with Gasteiger partial charge in [-0.15, -0.1) is 0 Å². The second-order valence-electron chi connectivity index (χ2n) is 6.84. The molecule has 0 aliphatic heterocycles. The summed E-state index contributed by atoms with van der Waals surface area (Å²) in [7, 11) is -3.72. The van der Waals surface area contributed by atoms with Crippen LogP contribution < -0.4 is 9.62 Å². The minimum atomic E-state index is -3.72. The van der Waals surface area contributed by atoms with Crippen LogP contribution in [0.2, 0.25) is 15.1 Å². The van der Waals surface area contributed by atoms with Crippen molar-refractivity contribution in [1.82, 2.24) is 5.32 Å². The van der Waals surface area contributed by atoms with Gasteiger partial charge in [-0.05, 0) is 43.2 Å². The van der Waals surface area contributed by atoms with Crippen LogP contribution in [0.3, 0.4) is 0 Å². The van der Waals surface area contributed by atoms with Gasteiger partial charge in [0.1, 0.15) is 6.54 Å². The number of fused-ring (bicyclic) bond motifs is 2. The lowest BCUT2D eigenvalue weighted by Crippen LogP contribution is -2.45. The largest absolute Gasteiger partial charge is 0.352 e. The molecular formula is C16H19Cl3N2O3S. The molecule has 1 N–H and O–H groups in total. The molecule has 25 heavy (non-hydrogen) atoms. The number of amides is 1. The number of nitrogens with one attached hydrogen (secondary N) is 1. The van der Waals surface area contributed by atoms with Gasteiger partial charge in [0.15, 0.2) is 0 Å². The van der Waals surface area contributed by atoms with E-state index in [2.05, 4.69) is 5.32 Å². The summed E-state index contributed by atoms with van der Waals surface area (Å²) < 4.78 is 25.3. The van der Waals surface area contributed by atoms with E-state index >= 15 is 0 Å². The molecule has 0 saturated heterocycles. The number of anilines is 1. The fourth-order valence-electron chi connectivity index (χ4n) is 3.89. The lowest BCUT2D eigenvalue weighted by molar-refractivity contribution is -0.120.